The lowest BCUT2D eigenvalue weighted by molar-refractivity contribution is 0.0968. The number of fused-ring (bicyclic) bond motifs is 3. The highest BCUT2D eigenvalue weighted by molar-refractivity contribution is 6.80. The van der Waals surface area contributed by atoms with E-state index in [1.165, 1.54) is 11.1 Å². The minimum absolute atomic E-state index is 0.0113. The van der Waals surface area contributed by atoms with Crippen molar-refractivity contribution in [3.63, 3.8) is 0 Å². The molecule has 0 bridgehead atoms. The van der Waals surface area contributed by atoms with Gasteiger partial charge in [0.2, 0.25) is 0 Å². The number of rotatable bonds is 1. The third-order valence-corrected chi connectivity index (χ3v) is 4.05. The van der Waals surface area contributed by atoms with E-state index in [-0.39, 0.29) is 19.4 Å². The Kier molecular flexibility index (Phi) is 3.01. The Morgan fingerprint density at radius 1 is 1.44 bits per heavy atom. The number of nitrogens with zero attached hydrogens (tertiary/aromatic N) is 1. The van der Waals surface area contributed by atoms with E-state index in [0.717, 1.165) is 43.2 Å². The average Bonchev–Trinajstić information content (AvgIpc) is 2.45. The third-order valence-electron chi connectivity index (χ3n) is 4.05. The van der Waals surface area contributed by atoms with Crippen LogP contribution >= 0.6 is 0 Å². The van der Waals surface area contributed by atoms with E-state index < -0.39 is 0 Å². The highest BCUT2D eigenvalue weighted by Gasteiger charge is 2.30. The molecular formula is C14H16BNO2. The smallest absolute Gasteiger partial charge is 0.300 e. The van der Waals surface area contributed by atoms with Gasteiger partial charge in [-0.3, -0.25) is 0 Å². The van der Waals surface area contributed by atoms with Gasteiger partial charge in [0, 0.05) is 5.97 Å². The van der Waals surface area contributed by atoms with Crippen molar-refractivity contribution < 1.29 is 9.84 Å². The lowest BCUT2D eigenvalue weighted by Crippen LogP contribution is -2.38. The van der Waals surface area contributed by atoms with Gasteiger partial charge in [-0.2, -0.15) is 0 Å². The van der Waals surface area contributed by atoms with Crippen LogP contribution in [0, 0.1) is 11.2 Å². The van der Waals surface area contributed by atoms with E-state index in [2.05, 4.69) is 18.1 Å². The summed E-state index contributed by atoms with van der Waals surface area (Å²) in [4.78, 5) is 0. The molecule has 0 fully saturated rings. The zero-order valence-corrected chi connectivity index (χ0v) is 10.4. The molecule has 0 aliphatic carbocycles. The molecular weight excluding hydrogens is 225 g/mol. The largest absolute Gasteiger partial charge is 0.487 e. The van der Waals surface area contributed by atoms with Crippen LogP contribution in [0.25, 0.3) is 0 Å². The second-order valence-electron chi connectivity index (χ2n) is 5.16. The van der Waals surface area contributed by atoms with Crippen molar-refractivity contribution in [2.75, 3.05) is 6.61 Å². The Morgan fingerprint density at radius 3 is 3.11 bits per heavy atom. The first-order valence-electron chi connectivity index (χ1n) is 6.65. The van der Waals surface area contributed by atoms with Crippen molar-refractivity contribution in [3.05, 3.63) is 23.3 Å². The maximum Gasteiger partial charge on any atom is 0.300 e. The van der Waals surface area contributed by atoms with Gasteiger partial charge in [-0.05, 0) is 30.4 Å². The van der Waals surface area contributed by atoms with E-state index in [9.17, 15) is 10.4 Å². The Labute approximate surface area is 107 Å². The molecule has 3 nitrogen and oxygen atoms in total. The van der Waals surface area contributed by atoms with Crippen molar-refractivity contribution in [2.45, 2.75) is 38.1 Å². The summed E-state index contributed by atoms with van der Waals surface area (Å²) in [5.74, 6) is 3.34. The standard InChI is InChI=1S/C14H16BNO2/c16-9-15-7-1-2-12-13(15)6-4-10-3-5-11(8-17)18-14(10)12/h4,6,11,17H,1-3,5,7-8H2. The second-order valence-corrected chi connectivity index (χ2v) is 5.16. The van der Waals surface area contributed by atoms with E-state index in [1.807, 2.05) is 0 Å². The SMILES string of the molecule is N#CB1CCCc2c1ccc1c2OC(CO)CC1. The Bertz CT molecular complexity index is 509. The van der Waals surface area contributed by atoms with E-state index in [0.29, 0.717) is 0 Å². The first kappa shape index (κ1) is 11.6. The quantitative estimate of drug-likeness (QED) is 0.748. The number of hydrogen-bond donors (Lipinski definition) is 1. The van der Waals surface area contributed by atoms with Gasteiger partial charge in [0.1, 0.15) is 11.9 Å². The molecule has 0 radical (unpaired) electrons. The van der Waals surface area contributed by atoms with Gasteiger partial charge in [0.05, 0.1) is 6.61 Å². The van der Waals surface area contributed by atoms with Crippen molar-refractivity contribution in [1.82, 2.24) is 0 Å². The molecule has 18 heavy (non-hydrogen) atoms. The van der Waals surface area contributed by atoms with Gasteiger partial charge < -0.3 is 9.84 Å². The van der Waals surface area contributed by atoms with E-state index >= 15 is 0 Å². The van der Waals surface area contributed by atoms with Crippen LogP contribution in [0.5, 0.6) is 5.75 Å². The average molecular weight is 241 g/mol. The lowest BCUT2D eigenvalue weighted by Gasteiger charge is -2.30. The fraction of sp³-hybridized carbons (Fsp3) is 0.500. The topological polar surface area (TPSA) is 53.2 Å². The molecule has 2 heterocycles. The van der Waals surface area contributed by atoms with Crippen molar-refractivity contribution in [2.24, 2.45) is 0 Å². The highest BCUT2D eigenvalue weighted by Crippen LogP contribution is 2.33. The number of ether oxygens (including phenoxy) is 1. The van der Waals surface area contributed by atoms with Crippen LogP contribution in [0.3, 0.4) is 0 Å². The Hall–Kier alpha value is -1.47. The van der Waals surface area contributed by atoms with Gasteiger partial charge in [0.25, 0.3) is 0 Å². The Morgan fingerprint density at radius 2 is 2.33 bits per heavy atom. The normalized spacial score (nSPS) is 21.6. The molecule has 2 aliphatic rings. The molecule has 0 amide bonds. The molecule has 1 aromatic rings. The molecule has 1 unspecified atom stereocenters. The second kappa shape index (κ2) is 4.66. The predicted octanol–water partition coefficient (Wildman–Crippen LogP) is 1.08. The summed E-state index contributed by atoms with van der Waals surface area (Å²) in [7, 11) is 0. The van der Waals surface area contributed by atoms with Crippen molar-refractivity contribution >= 4 is 12.2 Å². The molecule has 0 saturated carbocycles. The first-order chi connectivity index (χ1) is 8.83. The molecule has 4 heteroatoms. The zero-order chi connectivity index (χ0) is 12.5. The molecule has 2 aliphatic heterocycles. The van der Waals surface area contributed by atoms with Crippen LogP contribution in [0.15, 0.2) is 12.1 Å². The maximum absolute atomic E-state index is 9.24. The number of aliphatic hydroxyl groups is 1. The molecule has 0 aromatic heterocycles. The van der Waals surface area contributed by atoms with Gasteiger partial charge >= 0.3 is 6.71 Å². The minimum atomic E-state index is -0.0773. The van der Waals surface area contributed by atoms with Crippen LogP contribution < -0.4 is 10.2 Å². The Balaban J connectivity index is 2.05. The molecule has 0 spiro atoms. The third kappa shape index (κ3) is 1.79. The molecule has 3 rings (SSSR count). The minimum Gasteiger partial charge on any atom is -0.487 e. The predicted molar refractivity (Wildman–Crippen MR) is 70.4 cm³/mol. The number of aryl methyl sites for hydroxylation is 1. The van der Waals surface area contributed by atoms with Crippen molar-refractivity contribution in [3.8, 4) is 11.7 Å². The number of nitriles is 1. The van der Waals surface area contributed by atoms with Crippen molar-refractivity contribution in [1.29, 1.82) is 5.26 Å². The van der Waals surface area contributed by atoms with Crippen LogP contribution in [-0.2, 0) is 12.8 Å². The molecule has 1 atom stereocenters. The van der Waals surface area contributed by atoms with Crippen LogP contribution in [0.2, 0.25) is 6.32 Å². The van der Waals surface area contributed by atoms with E-state index in [1.54, 1.807) is 0 Å². The number of benzene rings is 1. The summed E-state index contributed by atoms with van der Waals surface area (Å²) in [6, 6.07) is 4.20. The summed E-state index contributed by atoms with van der Waals surface area (Å²) >= 11 is 0. The number of hydrogen-bond acceptors (Lipinski definition) is 3. The van der Waals surface area contributed by atoms with Crippen LogP contribution in [0.4, 0.5) is 0 Å². The van der Waals surface area contributed by atoms with Gasteiger partial charge in [-0.15, -0.1) is 0 Å². The first-order valence-corrected chi connectivity index (χ1v) is 6.65. The fourth-order valence-corrected chi connectivity index (χ4v) is 3.06. The fourth-order valence-electron chi connectivity index (χ4n) is 3.06. The molecule has 92 valence electrons. The molecule has 0 saturated heterocycles. The zero-order valence-electron chi connectivity index (χ0n) is 10.4. The van der Waals surface area contributed by atoms with E-state index in [4.69, 9.17) is 4.74 Å². The summed E-state index contributed by atoms with van der Waals surface area (Å²) < 4.78 is 5.91. The van der Waals surface area contributed by atoms with Gasteiger partial charge in [-0.1, -0.05) is 30.3 Å². The summed E-state index contributed by atoms with van der Waals surface area (Å²) in [5, 5.41) is 18.5. The van der Waals surface area contributed by atoms with Gasteiger partial charge in [-0.25, -0.2) is 5.26 Å². The number of aliphatic hydroxyl groups excluding tert-OH is 1. The molecule has 1 aromatic carbocycles. The summed E-state index contributed by atoms with van der Waals surface area (Å²) in [5.41, 5.74) is 3.58. The molecule has 1 N–H and O–H groups in total. The summed E-state index contributed by atoms with van der Waals surface area (Å²) in [6.07, 6.45) is 4.76. The summed E-state index contributed by atoms with van der Waals surface area (Å²) in [6.45, 7) is 0.0854. The monoisotopic (exact) mass is 241 g/mol. The lowest BCUT2D eigenvalue weighted by atomic mass is 9.40. The van der Waals surface area contributed by atoms with Gasteiger partial charge in [0.15, 0.2) is 0 Å². The van der Waals surface area contributed by atoms with Crippen LogP contribution in [-0.4, -0.2) is 24.5 Å². The highest BCUT2D eigenvalue weighted by atomic mass is 16.5. The van der Waals surface area contributed by atoms with Crippen LogP contribution in [0.1, 0.15) is 24.0 Å². The maximum atomic E-state index is 9.24.